The Labute approximate surface area is 82.2 Å². The summed E-state index contributed by atoms with van der Waals surface area (Å²) in [6.45, 7) is 1.85. The van der Waals surface area contributed by atoms with Crippen molar-refractivity contribution in [1.29, 1.82) is 0 Å². The van der Waals surface area contributed by atoms with Gasteiger partial charge in [0.05, 0.1) is 0 Å². The summed E-state index contributed by atoms with van der Waals surface area (Å²) in [4.78, 5) is 0.774. The smallest absolute Gasteiger partial charge is 0.189 e. The number of nitrogens with two attached hydrogens (primary N) is 1. The monoisotopic (exact) mass is 197 g/mol. The maximum absolute atomic E-state index is 5.68. The summed E-state index contributed by atoms with van der Waals surface area (Å²) in [5, 5.41) is 0. The van der Waals surface area contributed by atoms with Crippen molar-refractivity contribution < 1.29 is 9.47 Å². The van der Waals surface area contributed by atoms with Crippen LogP contribution in [0.2, 0.25) is 0 Å². The Morgan fingerprint density at radius 1 is 1.38 bits per heavy atom. The van der Waals surface area contributed by atoms with Gasteiger partial charge in [-0.2, -0.15) is 0 Å². The number of benzene rings is 1. The molecule has 1 aliphatic rings. The lowest BCUT2D eigenvalue weighted by molar-refractivity contribution is -0.382. The molecule has 0 saturated carbocycles. The first-order valence-corrected chi connectivity index (χ1v) is 4.51. The summed E-state index contributed by atoms with van der Waals surface area (Å²) in [6.07, 6.45) is -0.367. The summed E-state index contributed by atoms with van der Waals surface area (Å²) in [5.41, 5.74) is 7.27. The van der Waals surface area contributed by atoms with Crippen molar-refractivity contribution in [3.05, 3.63) is 23.8 Å². The zero-order valence-electron chi connectivity index (χ0n) is 7.23. The molecule has 1 aromatic carbocycles. The first-order chi connectivity index (χ1) is 6.16. The van der Waals surface area contributed by atoms with Gasteiger partial charge in [0.15, 0.2) is 12.6 Å². The fourth-order valence-corrected chi connectivity index (χ4v) is 1.37. The molecule has 13 heavy (non-hydrogen) atoms. The predicted octanol–water partition coefficient (Wildman–Crippen LogP) is 1.95. The highest BCUT2D eigenvalue weighted by molar-refractivity contribution is 7.80. The van der Waals surface area contributed by atoms with Crippen molar-refractivity contribution in [3.63, 3.8) is 0 Å². The molecule has 2 rings (SSSR count). The van der Waals surface area contributed by atoms with Crippen molar-refractivity contribution in [3.8, 4) is 0 Å². The van der Waals surface area contributed by atoms with Crippen LogP contribution in [0.25, 0.3) is 0 Å². The Morgan fingerprint density at radius 2 is 2.08 bits per heavy atom. The minimum Gasteiger partial charge on any atom is -0.398 e. The van der Waals surface area contributed by atoms with Crippen molar-refractivity contribution in [1.82, 2.24) is 0 Å². The lowest BCUT2D eigenvalue weighted by Crippen LogP contribution is -2.31. The molecule has 0 aromatic heterocycles. The van der Waals surface area contributed by atoms with Crippen molar-refractivity contribution in [2.75, 3.05) is 5.73 Å². The molecule has 0 amide bonds. The van der Waals surface area contributed by atoms with E-state index in [1.54, 1.807) is 0 Å². The highest BCUT2D eigenvalue weighted by Gasteiger charge is 2.28. The minimum atomic E-state index is -0.258. The Hall–Kier alpha value is -0.710. The molecule has 0 atom stereocenters. The van der Waals surface area contributed by atoms with Gasteiger partial charge in [-0.15, -0.1) is 12.6 Å². The van der Waals surface area contributed by atoms with E-state index in [0.29, 0.717) is 5.69 Å². The third-order valence-electron chi connectivity index (χ3n) is 1.95. The van der Waals surface area contributed by atoms with E-state index in [-0.39, 0.29) is 12.6 Å². The lowest BCUT2D eigenvalue weighted by Gasteiger charge is -2.34. The molecule has 0 radical (unpaired) electrons. The van der Waals surface area contributed by atoms with Gasteiger partial charge >= 0.3 is 0 Å². The molecular formula is C9H11NO2S. The maximum Gasteiger partial charge on any atom is 0.189 e. The Kier molecular flexibility index (Phi) is 2.19. The van der Waals surface area contributed by atoms with E-state index in [1.807, 2.05) is 25.1 Å². The Bertz CT molecular complexity index is 323. The second-order valence-electron chi connectivity index (χ2n) is 2.99. The maximum atomic E-state index is 5.68. The highest BCUT2D eigenvalue weighted by Crippen LogP contribution is 2.33. The summed E-state index contributed by atoms with van der Waals surface area (Å²) < 4.78 is 10.6. The number of ether oxygens (including phenoxy) is 2. The van der Waals surface area contributed by atoms with Gasteiger partial charge in [-0.1, -0.05) is 6.07 Å². The van der Waals surface area contributed by atoms with Crippen LogP contribution in [-0.2, 0) is 9.47 Å². The van der Waals surface area contributed by atoms with Crippen LogP contribution < -0.4 is 5.73 Å². The molecule has 0 spiro atoms. The number of rotatable bonds is 1. The third-order valence-corrected chi connectivity index (χ3v) is 2.36. The van der Waals surface area contributed by atoms with E-state index in [0.717, 1.165) is 10.5 Å². The van der Waals surface area contributed by atoms with E-state index < -0.39 is 0 Å². The van der Waals surface area contributed by atoms with Gasteiger partial charge in [0.1, 0.15) is 0 Å². The molecule has 0 unspecified atom stereocenters. The summed E-state index contributed by atoms with van der Waals surface area (Å²) in [7, 11) is 0. The van der Waals surface area contributed by atoms with Crippen LogP contribution >= 0.6 is 12.6 Å². The zero-order chi connectivity index (χ0) is 9.42. The molecule has 70 valence electrons. The van der Waals surface area contributed by atoms with Crippen molar-refractivity contribution in [2.24, 2.45) is 0 Å². The van der Waals surface area contributed by atoms with Crippen LogP contribution in [-0.4, -0.2) is 6.29 Å². The van der Waals surface area contributed by atoms with Crippen molar-refractivity contribution in [2.45, 2.75) is 24.4 Å². The van der Waals surface area contributed by atoms with Gasteiger partial charge in [-0.05, 0) is 19.1 Å². The summed E-state index contributed by atoms with van der Waals surface area (Å²) in [5.74, 6) is 0. The average molecular weight is 197 g/mol. The van der Waals surface area contributed by atoms with E-state index >= 15 is 0 Å². The van der Waals surface area contributed by atoms with Gasteiger partial charge in [-0.3, -0.25) is 0 Å². The van der Waals surface area contributed by atoms with Crippen LogP contribution in [0.15, 0.2) is 23.1 Å². The number of hydrogen-bond acceptors (Lipinski definition) is 4. The predicted molar refractivity (Wildman–Crippen MR) is 52.5 cm³/mol. The SMILES string of the molecule is CC1OC(c2ccc(S)c(N)c2)O1. The van der Waals surface area contributed by atoms with Crippen molar-refractivity contribution >= 4 is 18.3 Å². The minimum absolute atomic E-state index is 0.109. The van der Waals surface area contributed by atoms with Crippen LogP contribution in [0, 0.1) is 0 Å². The van der Waals surface area contributed by atoms with E-state index in [9.17, 15) is 0 Å². The second kappa shape index (κ2) is 3.21. The zero-order valence-corrected chi connectivity index (χ0v) is 8.12. The van der Waals surface area contributed by atoms with Crippen LogP contribution in [0.3, 0.4) is 0 Å². The largest absolute Gasteiger partial charge is 0.398 e. The second-order valence-corrected chi connectivity index (χ2v) is 3.47. The first-order valence-electron chi connectivity index (χ1n) is 4.06. The highest BCUT2D eigenvalue weighted by atomic mass is 32.1. The van der Waals surface area contributed by atoms with Gasteiger partial charge in [-0.25, -0.2) is 0 Å². The molecule has 1 fully saturated rings. The fraction of sp³-hybridized carbons (Fsp3) is 0.333. The Morgan fingerprint density at radius 3 is 2.62 bits per heavy atom. The number of thiol groups is 1. The molecule has 4 heteroatoms. The van der Waals surface area contributed by atoms with E-state index in [1.165, 1.54) is 0 Å². The van der Waals surface area contributed by atoms with E-state index in [4.69, 9.17) is 15.2 Å². The lowest BCUT2D eigenvalue weighted by atomic mass is 10.2. The summed E-state index contributed by atoms with van der Waals surface area (Å²) >= 11 is 4.17. The molecule has 2 N–H and O–H groups in total. The van der Waals surface area contributed by atoms with Crippen LogP contribution in [0.4, 0.5) is 5.69 Å². The molecule has 1 saturated heterocycles. The Balaban J connectivity index is 2.18. The molecule has 0 bridgehead atoms. The molecule has 1 aromatic rings. The summed E-state index contributed by atoms with van der Waals surface area (Å²) in [6, 6.07) is 5.55. The van der Waals surface area contributed by atoms with E-state index in [2.05, 4.69) is 12.6 Å². The quantitative estimate of drug-likeness (QED) is 0.534. The van der Waals surface area contributed by atoms with Crippen LogP contribution in [0.5, 0.6) is 0 Å². The molecule has 1 heterocycles. The van der Waals surface area contributed by atoms with Gasteiger partial charge < -0.3 is 15.2 Å². The van der Waals surface area contributed by atoms with Gasteiger partial charge in [0, 0.05) is 16.1 Å². The molecular weight excluding hydrogens is 186 g/mol. The first kappa shape index (κ1) is 8.87. The van der Waals surface area contributed by atoms with Gasteiger partial charge in [0.25, 0.3) is 0 Å². The molecule has 0 aliphatic carbocycles. The number of anilines is 1. The number of hydrogen-bond donors (Lipinski definition) is 2. The topological polar surface area (TPSA) is 44.5 Å². The molecule has 3 nitrogen and oxygen atoms in total. The van der Waals surface area contributed by atoms with Crippen LogP contribution in [0.1, 0.15) is 18.8 Å². The standard InChI is InChI=1S/C9H11NO2S/c1-5-11-9(12-5)6-2-3-8(13)7(10)4-6/h2-5,9,13H,10H2,1H3. The molecule has 1 aliphatic heterocycles. The fourth-order valence-electron chi connectivity index (χ4n) is 1.24. The average Bonchev–Trinajstić information content (AvgIpc) is 2.05. The van der Waals surface area contributed by atoms with Gasteiger partial charge in [0.2, 0.25) is 0 Å². The number of nitrogen functional groups attached to an aromatic ring is 1. The normalized spacial score (nSPS) is 26.9. The third kappa shape index (κ3) is 1.65.